The van der Waals surface area contributed by atoms with Crippen molar-refractivity contribution in [1.29, 1.82) is 0 Å². The van der Waals surface area contributed by atoms with E-state index in [4.69, 9.17) is 9.84 Å². The van der Waals surface area contributed by atoms with Crippen molar-refractivity contribution in [3.63, 3.8) is 0 Å². The summed E-state index contributed by atoms with van der Waals surface area (Å²) in [5, 5.41) is 10.3. The molecule has 0 atom stereocenters. The van der Waals surface area contributed by atoms with E-state index in [1.807, 2.05) is 0 Å². The summed E-state index contributed by atoms with van der Waals surface area (Å²) in [5.74, 6) is -1.71. The number of methoxy groups -OCH3 is 2. The molecule has 0 amide bonds. The van der Waals surface area contributed by atoms with Crippen molar-refractivity contribution in [3.05, 3.63) is 15.8 Å². The molecule has 0 fully saturated rings. The highest BCUT2D eigenvalue weighted by molar-refractivity contribution is 7.12. The minimum absolute atomic E-state index is 0.0388. The molecule has 0 radical (unpaired) electrons. The molecule has 5 nitrogen and oxygen atoms in total. The van der Waals surface area contributed by atoms with Gasteiger partial charge in [0, 0.05) is 5.38 Å². The van der Waals surface area contributed by atoms with Crippen molar-refractivity contribution in [1.82, 2.24) is 0 Å². The molecule has 0 spiro atoms. The standard InChI is InChI=1S/C8H8O5S/c1-12-4-3-14-6(8(11)13-2)5(4)7(9)10/h3H,1-2H3,(H,9,10). The van der Waals surface area contributed by atoms with Gasteiger partial charge in [-0.25, -0.2) is 9.59 Å². The molecular weight excluding hydrogens is 208 g/mol. The third-order valence-corrected chi connectivity index (χ3v) is 2.50. The van der Waals surface area contributed by atoms with E-state index >= 15 is 0 Å². The van der Waals surface area contributed by atoms with Crippen molar-refractivity contribution >= 4 is 23.3 Å². The molecule has 0 saturated carbocycles. The van der Waals surface area contributed by atoms with Crippen molar-refractivity contribution in [3.8, 4) is 5.75 Å². The number of carboxylic acid groups (broad SMARTS) is 1. The summed E-state index contributed by atoms with van der Waals surface area (Å²) >= 11 is 0.981. The van der Waals surface area contributed by atoms with Crippen molar-refractivity contribution < 1.29 is 24.2 Å². The summed E-state index contributed by atoms with van der Waals surface area (Å²) in [6.07, 6.45) is 0. The number of esters is 1. The number of rotatable bonds is 3. The number of carbonyl (C=O) groups excluding carboxylic acids is 1. The first-order valence-corrected chi connectivity index (χ1v) is 4.46. The Morgan fingerprint density at radius 1 is 1.43 bits per heavy atom. The second-order valence-corrected chi connectivity index (χ2v) is 3.18. The number of hydrogen-bond acceptors (Lipinski definition) is 5. The van der Waals surface area contributed by atoms with Gasteiger partial charge in [0.25, 0.3) is 0 Å². The van der Waals surface area contributed by atoms with Gasteiger partial charge in [-0.3, -0.25) is 0 Å². The minimum Gasteiger partial charge on any atom is -0.495 e. The normalized spacial score (nSPS) is 9.57. The van der Waals surface area contributed by atoms with Crippen LogP contribution in [0.15, 0.2) is 5.38 Å². The van der Waals surface area contributed by atoms with Crippen LogP contribution in [0.1, 0.15) is 20.0 Å². The number of carboxylic acids is 1. The molecule has 1 rings (SSSR count). The van der Waals surface area contributed by atoms with Crippen LogP contribution < -0.4 is 4.74 Å². The predicted molar refractivity (Wildman–Crippen MR) is 49.2 cm³/mol. The van der Waals surface area contributed by atoms with E-state index in [1.165, 1.54) is 19.6 Å². The largest absolute Gasteiger partial charge is 0.495 e. The van der Waals surface area contributed by atoms with Crippen LogP contribution in [0.4, 0.5) is 0 Å². The maximum Gasteiger partial charge on any atom is 0.349 e. The zero-order valence-corrected chi connectivity index (χ0v) is 8.38. The molecule has 14 heavy (non-hydrogen) atoms. The van der Waals surface area contributed by atoms with Gasteiger partial charge in [0.05, 0.1) is 14.2 Å². The Morgan fingerprint density at radius 2 is 2.07 bits per heavy atom. The SMILES string of the molecule is COC(=O)c1scc(OC)c1C(=O)O. The fourth-order valence-electron chi connectivity index (χ4n) is 0.938. The lowest BCUT2D eigenvalue weighted by molar-refractivity contribution is 0.0587. The van der Waals surface area contributed by atoms with Gasteiger partial charge in [0.15, 0.2) is 0 Å². The molecule has 0 aliphatic rings. The van der Waals surface area contributed by atoms with Crippen LogP contribution in [-0.4, -0.2) is 31.3 Å². The molecule has 1 aromatic heterocycles. The maximum absolute atomic E-state index is 11.1. The van der Waals surface area contributed by atoms with Crippen molar-refractivity contribution in [2.45, 2.75) is 0 Å². The highest BCUT2D eigenvalue weighted by Crippen LogP contribution is 2.29. The fourth-order valence-corrected chi connectivity index (χ4v) is 1.86. The first kappa shape index (κ1) is 10.5. The lowest BCUT2D eigenvalue weighted by Crippen LogP contribution is -2.07. The van der Waals surface area contributed by atoms with E-state index in [2.05, 4.69) is 4.74 Å². The van der Waals surface area contributed by atoms with E-state index in [-0.39, 0.29) is 16.2 Å². The molecule has 1 aromatic rings. The van der Waals surface area contributed by atoms with E-state index in [0.29, 0.717) is 0 Å². The third-order valence-electron chi connectivity index (χ3n) is 1.56. The molecule has 0 aliphatic heterocycles. The van der Waals surface area contributed by atoms with Crippen LogP contribution in [0.3, 0.4) is 0 Å². The van der Waals surface area contributed by atoms with E-state index in [1.54, 1.807) is 0 Å². The Hall–Kier alpha value is -1.56. The highest BCUT2D eigenvalue weighted by Gasteiger charge is 2.24. The van der Waals surface area contributed by atoms with Crippen LogP contribution >= 0.6 is 11.3 Å². The highest BCUT2D eigenvalue weighted by atomic mass is 32.1. The van der Waals surface area contributed by atoms with Crippen molar-refractivity contribution in [2.24, 2.45) is 0 Å². The maximum atomic E-state index is 11.1. The van der Waals surface area contributed by atoms with Gasteiger partial charge in [0.2, 0.25) is 0 Å². The third kappa shape index (κ3) is 1.69. The molecule has 0 aliphatic carbocycles. The van der Waals surface area contributed by atoms with Gasteiger partial charge in [0.1, 0.15) is 16.2 Å². The lowest BCUT2D eigenvalue weighted by Gasteiger charge is -1.99. The Labute approximate surface area is 83.9 Å². The van der Waals surface area contributed by atoms with E-state index < -0.39 is 11.9 Å². The molecular formula is C8H8O5S. The first-order valence-electron chi connectivity index (χ1n) is 3.59. The summed E-state index contributed by atoms with van der Waals surface area (Å²) in [7, 11) is 2.54. The molecule has 1 N–H and O–H groups in total. The van der Waals surface area contributed by atoms with E-state index in [9.17, 15) is 9.59 Å². The van der Waals surface area contributed by atoms with Crippen LogP contribution in [0.5, 0.6) is 5.75 Å². The summed E-state index contributed by atoms with van der Waals surface area (Å²) in [5.41, 5.74) is -0.149. The van der Waals surface area contributed by atoms with Gasteiger partial charge in [-0.05, 0) is 0 Å². The summed E-state index contributed by atoms with van der Waals surface area (Å²) in [4.78, 5) is 22.0. The monoisotopic (exact) mass is 216 g/mol. The molecule has 0 aromatic carbocycles. The second kappa shape index (κ2) is 4.10. The van der Waals surface area contributed by atoms with E-state index in [0.717, 1.165) is 11.3 Å². The quantitative estimate of drug-likeness (QED) is 0.769. The second-order valence-electron chi connectivity index (χ2n) is 2.30. The lowest BCUT2D eigenvalue weighted by atomic mass is 10.2. The Kier molecular flexibility index (Phi) is 3.08. The van der Waals surface area contributed by atoms with Gasteiger partial charge >= 0.3 is 11.9 Å². The van der Waals surface area contributed by atoms with Gasteiger partial charge in [-0.1, -0.05) is 0 Å². The minimum atomic E-state index is -1.21. The fraction of sp³-hybridized carbons (Fsp3) is 0.250. The van der Waals surface area contributed by atoms with Gasteiger partial charge in [-0.2, -0.15) is 0 Å². The number of aromatic carboxylic acids is 1. The Bertz CT molecular complexity index is 368. The molecule has 6 heteroatoms. The number of ether oxygens (including phenoxy) is 2. The van der Waals surface area contributed by atoms with Crippen molar-refractivity contribution in [2.75, 3.05) is 14.2 Å². The average molecular weight is 216 g/mol. The topological polar surface area (TPSA) is 72.8 Å². The van der Waals surface area contributed by atoms with Crippen LogP contribution in [0, 0.1) is 0 Å². The smallest absolute Gasteiger partial charge is 0.349 e. The number of carbonyl (C=O) groups is 2. The zero-order chi connectivity index (χ0) is 10.7. The van der Waals surface area contributed by atoms with Gasteiger partial charge in [-0.15, -0.1) is 11.3 Å². The molecule has 1 heterocycles. The molecule has 76 valence electrons. The predicted octanol–water partition coefficient (Wildman–Crippen LogP) is 1.24. The Balaban J connectivity index is 3.24. The van der Waals surface area contributed by atoms with Gasteiger partial charge < -0.3 is 14.6 Å². The summed E-state index contributed by atoms with van der Waals surface area (Å²) in [6, 6.07) is 0. The Morgan fingerprint density at radius 3 is 2.50 bits per heavy atom. The molecule has 0 unspecified atom stereocenters. The summed E-state index contributed by atoms with van der Waals surface area (Å²) < 4.78 is 9.24. The number of thiophene rings is 1. The molecule has 0 bridgehead atoms. The van der Waals surface area contributed by atoms with Crippen LogP contribution in [0.25, 0.3) is 0 Å². The zero-order valence-electron chi connectivity index (χ0n) is 7.57. The molecule has 0 saturated heterocycles. The first-order chi connectivity index (χ1) is 6.61. The average Bonchev–Trinajstić information content (AvgIpc) is 2.59. The number of hydrogen-bond donors (Lipinski definition) is 1. The summed E-state index contributed by atoms with van der Waals surface area (Å²) in [6.45, 7) is 0. The van der Waals surface area contributed by atoms with Crippen LogP contribution in [0.2, 0.25) is 0 Å². The van der Waals surface area contributed by atoms with Crippen LogP contribution in [-0.2, 0) is 4.74 Å².